The minimum absolute atomic E-state index is 0.159. The van der Waals surface area contributed by atoms with Crippen molar-refractivity contribution in [2.45, 2.75) is 6.42 Å². The number of esters is 1. The van der Waals surface area contributed by atoms with Crippen LogP contribution in [-0.4, -0.2) is 26.1 Å². The molecule has 0 saturated heterocycles. The van der Waals surface area contributed by atoms with Crippen molar-refractivity contribution < 1.29 is 19.1 Å². The fourth-order valence-electron chi connectivity index (χ4n) is 2.08. The van der Waals surface area contributed by atoms with E-state index < -0.39 is 5.97 Å². The van der Waals surface area contributed by atoms with Crippen LogP contribution >= 0.6 is 11.6 Å². The largest absolute Gasteiger partial charge is 0.495 e. The Morgan fingerprint density at radius 2 is 1.91 bits per heavy atom. The zero-order chi connectivity index (χ0) is 16.8. The lowest BCUT2D eigenvalue weighted by molar-refractivity contribution is -0.115. The summed E-state index contributed by atoms with van der Waals surface area (Å²) in [4.78, 5) is 23.8. The van der Waals surface area contributed by atoms with E-state index in [4.69, 9.17) is 16.3 Å². The molecule has 23 heavy (non-hydrogen) atoms. The number of benzene rings is 2. The van der Waals surface area contributed by atoms with Crippen LogP contribution in [0, 0.1) is 0 Å². The first-order valence-electron chi connectivity index (χ1n) is 6.84. The third-order valence-electron chi connectivity index (χ3n) is 3.15. The first kappa shape index (κ1) is 16.8. The van der Waals surface area contributed by atoms with Gasteiger partial charge in [0.15, 0.2) is 0 Å². The monoisotopic (exact) mass is 333 g/mol. The summed E-state index contributed by atoms with van der Waals surface area (Å²) in [5, 5.41) is 3.30. The smallest absolute Gasteiger partial charge is 0.337 e. The highest BCUT2D eigenvalue weighted by Gasteiger charge is 2.13. The summed E-state index contributed by atoms with van der Waals surface area (Å²) in [7, 11) is 2.78. The fraction of sp³-hybridized carbons (Fsp3) is 0.176. The summed E-state index contributed by atoms with van der Waals surface area (Å²) in [6.45, 7) is 0. The van der Waals surface area contributed by atoms with E-state index in [0.29, 0.717) is 22.0 Å². The van der Waals surface area contributed by atoms with Gasteiger partial charge in [-0.2, -0.15) is 0 Å². The highest BCUT2D eigenvalue weighted by Crippen LogP contribution is 2.26. The normalized spacial score (nSPS) is 10.0. The van der Waals surface area contributed by atoms with Crippen LogP contribution in [0.2, 0.25) is 5.02 Å². The van der Waals surface area contributed by atoms with Gasteiger partial charge in [-0.25, -0.2) is 4.79 Å². The molecule has 0 spiro atoms. The van der Waals surface area contributed by atoms with Gasteiger partial charge in [0.2, 0.25) is 5.91 Å². The molecule has 0 saturated carbocycles. The van der Waals surface area contributed by atoms with Crippen molar-refractivity contribution in [1.82, 2.24) is 0 Å². The zero-order valence-electron chi connectivity index (χ0n) is 12.8. The molecule has 0 radical (unpaired) electrons. The Morgan fingerprint density at radius 3 is 2.57 bits per heavy atom. The molecular weight excluding hydrogens is 318 g/mol. The van der Waals surface area contributed by atoms with E-state index in [1.54, 1.807) is 30.3 Å². The lowest BCUT2D eigenvalue weighted by Gasteiger charge is -2.11. The van der Waals surface area contributed by atoms with Crippen molar-refractivity contribution in [2.24, 2.45) is 0 Å². The van der Waals surface area contributed by atoms with E-state index in [-0.39, 0.29) is 12.3 Å². The van der Waals surface area contributed by atoms with Gasteiger partial charge in [0.05, 0.1) is 31.9 Å². The summed E-state index contributed by atoms with van der Waals surface area (Å²) in [6, 6.07) is 11.7. The predicted molar refractivity (Wildman–Crippen MR) is 88.1 cm³/mol. The van der Waals surface area contributed by atoms with Gasteiger partial charge in [0.25, 0.3) is 0 Å². The van der Waals surface area contributed by atoms with Crippen molar-refractivity contribution in [3.63, 3.8) is 0 Å². The minimum atomic E-state index is -0.488. The van der Waals surface area contributed by atoms with Crippen LogP contribution in [0.15, 0.2) is 42.5 Å². The van der Waals surface area contributed by atoms with Gasteiger partial charge in [0.1, 0.15) is 5.75 Å². The van der Waals surface area contributed by atoms with E-state index in [1.807, 2.05) is 6.07 Å². The summed E-state index contributed by atoms with van der Waals surface area (Å²) >= 11 is 5.90. The Morgan fingerprint density at radius 1 is 1.13 bits per heavy atom. The summed E-state index contributed by atoms with van der Waals surface area (Å²) in [5.74, 6) is -0.275. The fourth-order valence-corrected chi connectivity index (χ4v) is 2.29. The van der Waals surface area contributed by atoms with E-state index in [1.165, 1.54) is 20.3 Å². The van der Waals surface area contributed by atoms with Gasteiger partial charge in [-0.05, 0) is 35.9 Å². The average molecular weight is 334 g/mol. The number of carbonyl (C=O) groups is 2. The molecule has 0 aromatic heterocycles. The van der Waals surface area contributed by atoms with Crippen LogP contribution in [0.5, 0.6) is 5.75 Å². The maximum Gasteiger partial charge on any atom is 0.337 e. The number of hydrogen-bond donors (Lipinski definition) is 1. The lowest BCUT2D eigenvalue weighted by atomic mass is 10.1. The van der Waals surface area contributed by atoms with Gasteiger partial charge in [0, 0.05) is 5.02 Å². The minimum Gasteiger partial charge on any atom is -0.495 e. The van der Waals surface area contributed by atoms with Crippen molar-refractivity contribution >= 4 is 29.2 Å². The van der Waals surface area contributed by atoms with Crippen LogP contribution in [0.1, 0.15) is 15.9 Å². The van der Waals surface area contributed by atoms with Crippen molar-refractivity contribution in [1.29, 1.82) is 0 Å². The molecule has 0 heterocycles. The second kappa shape index (κ2) is 7.65. The number of rotatable bonds is 5. The third kappa shape index (κ3) is 4.47. The number of halogens is 1. The van der Waals surface area contributed by atoms with Gasteiger partial charge >= 0.3 is 5.97 Å². The molecule has 2 aromatic carbocycles. The standard InChI is InChI=1S/C17H16ClNO4/c1-22-15-7-6-12(17(21)23-2)10-14(15)19-16(20)9-11-4-3-5-13(18)8-11/h3-8,10H,9H2,1-2H3,(H,19,20). The SMILES string of the molecule is COC(=O)c1ccc(OC)c(NC(=O)Cc2cccc(Cl)c2)c1. The first-order valence-corrected chi connectivity index (χ1v) is 7.22. The number of carbonyl (C=O) groups excluding carboxylic acids is 2. The van der Waals surface area contributed by atoms with Gasteiger partial charge in [-0.3, -0.25) is 4.79 Å². The van der Waals surface area contributed by atoms with Crippen molar-refractivity contribution in [3.8, 4) is 5.75 Å². The molecule has 0 aliphatic carbocycles. The van der Waals surface area contributed by atoms with Crippen LogP contribution in [-0.2, 0) is 16.0 Å². The molecule has 0 atom stereocenters. The average Bonchev–Trinajstić information content (AvgIpc) is 2.54. The van der Waals surface area contributed by atoms with E-state index in [9.17, 15) is 9.59 Å². The van der Waals surface area contributed by atoms with Crippen molar-refractivity contribution in [2.75, 3.05) is 19.5 Å². The van der Waals surface area contributed by atoms with Gasteiger partial charge < -0.3 is 14.8 Å². The Labute approximate surface area is 139 Å². The molecule has 120 valence electrons. The number of nitrogens with one attached hydrogen (secondary N) is 1. The molecule has 0 fully saturated rings. The highest BCUT2D eigenvalue weighted by atomic mass is 35.5. The molecule has 0 aliphatic heterocycles. The second-order valence-corrected chi connectivity index (χ2v) is 5.20. The molecule has 6 heteroatoms. The molecule has 0 unspecified atom stereocenters. The Bertz CT molecular complexity index is 730. The summed E-state index contributed by atoms with van der Waals surface area (Å²) in [5.41, 5.74) is 1.52. The summed E-state index contributed by atoms with van der Waals surface area (Å²) < 4.78 is 9.87. The van der Waals surface area contributed by atoms with E-state index in [2.05, 4.69) is 10.1 Å². The lowest BCUT2D eigenvalue weighted by Crippen LogP contribution is -2.15. The number of methoxy groups -OCH3 is 2. The predicted octanol–water partition coefficient (Wildman–Crippen LogP) is 3.32. The molecule has 1 amide bonds. The Hall–Kier alpha value is -2.53. The summed E-state index contributed by atoms with van der Waals surface area (Å²) in [6.07, 6.45) is 0.159. The Balaban J connectivity index is 2.17. The number of anilines is 1. The number of amides is 1. The molecule has 1 N–H and O–H groups in total. The first-order chi connectivity index (χ1) is 11.0. The molecule has 0 bridgehead atoms. The molecule has 2 aromatic rings. The molecule has 5 nitrogen and oxygen atoms in total. The second-order valence-electron chi connectivity index (χ2n) is 4.76. The van der Waals surface area contributed by atoms with Crippen LogP contribution in [0.25, 0.3) is 0 Å². The van der Waals surface area contributed by atoms with Gasteiger partial charge in [-0.1, -0.05) is 23.7 Å². The van der Waals surface area contributed by atoms with E-state index in [0.717, 1.165) is 5.56 Å². The zero-order valence-corrected chi connectivity index (χ0v) is 13.5. The van der Waals surface area contributed by atoms with Crippen LogP contribution in [0.4, 0.5) is 5.69 Å². The Kier molecular flexibility index (Phi) is 5.60. The van der Waals surface area contributed by atoms with Crippen LogP contribution < -0.4 is 10.1 Å². The molecule has 0 aliphatic rings. The quantitative estimate of drug-likeness (QED) is 0.852. The van der Waals surface area contributed by atoms with E-state index >= 15 is 0 Å². The highest BCUT2D eigenvalue weighted by molar-refractivity contribution is 6.30. The third-order valence-corrected chi connectivity index (χ3v) is 3.38. The van der Waals surface area contributed by atoms with Crippen molar-refractivity contribution in [3.05, 3.63) is 58.6 Å². The molecule has 2 rings (SSSR count). The van der Waals surface area contributed by atoms with Crippen LogP contribution in [0.3, 0.4) is 0 Å². The van der Waals surface area contributed by atoms with Gasteiger partial charge in [-0.15, -0.1) is 0 Å². The topological polar surface area (TPSA) is 64.6 Å². The maximum atomic E-state index is 12.2. The number of hydrogen-bond acceptors (Lipinski definition) is 4. The maximum absolute atomic E-state index is 12.2. The number of ether oxygens (including phenoxy) is 2. The molecular formula is C17H16ClNO4.